The molecule has 0 amide bonds. The van der Waals surface area contributed by atoms with Crippen molar-refractivity contribution in [1.82, 2.24) is 10.6 Å². The summed E-state index contributed by atoms with van der Waals surface area (Å²) in [5, 5.41) is 6.15. The Morgan fingerprint density at radius 2 is 1.81 bits per heavy atom. The Labute approximate surface area is 158 Å². The molecule has 0 aliphatic heterocycles. The molecule has 0 radical (unpaired) electrons. The second kappa shape index (κ2) is 11.1. The van der Waals surface area contributed by atoms with Crippen LogP contribution >= 0.6 is 0 Å². The molecule has 0 saturated heterocycles. The van der Waals surface area contributed by atoms with Gasteiger partial charge >= 0.3 is 6.18 Å². The predicted molar refractivity (Wildman–Crippen MR) is 99.7 cm³/mol. The lowest BCUT2D eigenvalue weighted by atomic mass is 10.1. The van der Waals surface area contributed by atoms with E-state index in [1.807, 2.05) is 6.92 Å². The third kappa shape index (κ3) is 10.8. The number of hydrogen-bond acceptors (Lipinski definition) is 4. The number of hydrogen-bond donors (Lipinski definition) is 2. The first-order valence-electron chi connectivity index (χ1n) is 8.55. The Bertz CT molecular complexity index is 690. The highest BCUT2D eigenvalue weighted by atomic mass is 32.2. The van der Waals surface area contributed by atoms with Gasteiger partial charge in [-0.2, -0.15) is 13.2 Å². The smallest absolute Gasteiger partial charge is 0.378 e. The van der Waals surface area contributed by atoms with Gasteiger partial charge in [-0.15, -0.1) is 0 Å². The summed E-state index contributed by atoms with van der Waals surface area (Å²) in [6.07, 6.45) is -2.63. The Morgan fingerprint density at radius 1 is 1.15 bits per heavy atom. The summed E-state index contributed by atoms with van der Waals surface area (Å²) in [5.74, 6) is 0.540. The molecule has 0 aliphatic rings. The van der Waals surface area contributed by atoms with Crippen molar-refractivity contribution in [2.75, 3.05) is 44.9 Å². The molecule has 0 saturated carbocycles. The zero-order chi connectivity index (χ0) is 20.3. The van der Waals surface area contributed by atoms with Crippen LogP contribution in [0.1, 0.15) is 18.1 Å². The van der Waals surface area contributed by atoms with E-state index in [1.165, 1.54) is 12.1 Å². The number of nitrogens with zero attached hydrogens (tertiary/aromatic N) is 1. The highest BCUT2D eigenvalue weighted by Gasteiger charge is 2.29. The van der Waals surface area contributed by atoms with E-state index in [2.05, 4.69) is 15.6 Å². The minimum atomic E-state index is -4.33. The molecule has 1 aromatic carbocycles. The Balaban J connectivity index is 2.37. The molecule has 0 aromatic heterocycles. The lowest BCUT2D eigenvalue weighted by molar-refractivity contribution is -0.137. The topological polar surface area (TPSA) is 79.8 Å². The van der Waals surface area contributed by atoms with Crippen LogP contribution in [0.25, 0.3) is 0 Å². The van der Waals surface area contributed by atoms with Gasteiger partial charge in [0.2, 0.25) is 0 Å². The van der Waals surface area contributed by atoms with Crippen molar-refractivity contribution < 1.29 is 26.3 Å². The standard InChI is InChI=1S/C17H26F3N3O3S/c1-3-21-16(23-10-11-26-12-13-27(2,24)25)22-9-8-14-4-6-15(7-5-14)17(18,19)20/h4-7H,3,8-13H2,1-2H3,(H2,21,22,23). The van der Waals surface area contributed by atoms with Crippen molar-refractivity contribution in [3.8, 4) is 0 Å². The third-order valence-electron chi connectivity index (χ3n) is 3.44. The van der Waals surface area contributed by atoms with Crippen molar-refractivity contribution in [1.29, 1.82) is 0 Å². The first-order chi connectivity index (χ1) is 12.6. The molecular weight excluding hydrogens is 383 g/mol. The normalized spacial score (nSPS) is 12.9. The summed E-state index contributed by atoms with van der Waals surface area (Å²) < 4.78 is 64.8. The molecule has 10 heteroatoms. The summed E-state index contributed by atoms with van der Waals surface area (Å²) in [4.78, 5) is 4.30. The minimum absolute atomic E-state index is 0.0256. The van der Waals surface area contributed by atoms with E-state index in [0.717, 1.165) is 24.0 Å². The molecule has 0 fully saturated rings. The van der Waals surface area contributed by atoms with Crippen molar-refractivity contribution in [3.05, 3.63) is 35.4 Å². The zero-order valence-electron chi connectivity index (χ0n) is 15.5. The average molecular weight is 409 g/mol. The third-order valence-corrected chi connectivity index (χ3v) is 4.34. The van der Waals surface area contributed by atoms with Crippen LogP contribution in [0.3, 0.4) is 0 Å². The molecule has 1 rings (SSSR count). The van der Waals surface area contributed by atoms with Gasteiger partial charge in [-0.1, -0.05) is 12.1 Å². The van der Waals surface area contributed by atoms with Gasteiger partial charge in [0.1, 0.15) is 9.84 Å². The fourth-order valence-electron chi connectivity index (χ4n) is 2.06. The van der Waals surface area contributed by atoms with Crippen LogP contribution in [0.4, 0.5) is 13.2 Å². The number of sulfone groups is 1. The van der Waals surface area contributed by atoms with Crippen molar-refractivity contribution in [2.45, 2.75) is 19.5 Å². The maximum absolute atomic E-state index is 12.5. The van der Waals surface area contributed by atoms with Gasteiger partial charge in [0, 0.05) is 19.3 Å². The van der Waals surface area contributed by atoms with Gasteiger partial charge in [-0.3, -0.25) is 4.99 Å². The minimum Gasteiger partial charge on any atom is -0.378 e. The fraction of sp³-hybridized carbons (Fsp3) is 0.588. The van der Waals surface area contributed by atoms with E-state index >= 15 is 0 Å². The number of aliphatic imine (C=N–C) groups is 1. The fourth-order valence-corrected chi connectivity index (χ4v) is 2.48. The SMILES string of the molecule is CCNC(=NCCOCCS(C)(=O)=O)NCCc1ccc(C(F)(F)F)cc1. The summed E-state index contributed by atoms with van der Waals surface area (Å²) in [6.45, 7) is 3.86. The van der Waals surface area contributed by atoms with Gasteiger partial charge in [-0.05, 0) is 31.0 Å². The summed E-state index contributed by atoms with van der Waals surface area (Å²) >= 11 is 0. The van der Waals surface area contributed by atoms with Crippen LogP contribution in [0.5, 0.6) is 0 Å². The lowest BCUT2D eigenvalue weighted by Crippen LogP contribution is -2.38. The number of guanidine groups is 1. The second-order valence-corrected chi connectivity index (χ2v) is 8.13. The monoisotopic (exact) mass is 409 g/mol. The molecular formula is C17H26F3N3O3S. The molecule has 2 N–H and O–H groups in total. The van der Waals surface area contributed by atoms with Crippen LogP contribution in [0.15, 0.2) is 29.3 Å². The van der Waals surface area contributed by atoms with Gasteiger partial charge in [-0.25, -0.2) is 8.42 Å². The molecule has 0 heterocycles. The molecule has 6 nitrogen and oxygen atoms in total. The zero-order valence-corrected chi connectivity index (χ0v) is 16.3. The number of rotatable bonds is 10. The van der Waals surface area contributed by atoms with Crippen LogP contribution in [-0.2, 0) is 27.2 Å². The van der Waals surface area contributed by atoms with E-state index in [1.54, 1.807) is 0 Å². The van der Waals surface area contributed by atoms with Crippen molar-refractivity contribution in [2.24, 2.45) is 4.99 Å². The largest absolute Gasteiger partial charge is 0.416 e. The number of halogens is 3. The molecule has 0 spiro atoms. The summed E-state index contributed by atoms with van der Waals surface area (Å²) in [5.41, 5.74) is 0.125. The van der Waals surface area contributed by atoms with E-state index in [-0.39, 0.29) is 12.4 Å². The van der Waals surface area contributed by atoms with Gasteiger partial charge in [0.05, 0.1) is 31.1 Å². The molecule has 1 aromatic rings. The number of benzene rings is 1. The van der Waals surface area contributed by atoms with Crippen LogP contribution in [0.2, 0.25) is 0 Å². The molecule has 154 valence electrons. The van der Waals surface area contributed by atoms with Crippen LogP contribution in [-0.4, -0.2) is 59.2 Å². The van der Waals surface area contributed by atoms with Crippen LogP contribution < -0.4 is 10.6 Å². The van der Waals surface area contributed by atoms with Crippen molar-refractivity contribution >= 4 is 15.8 Å². The molecule has 0 aliphatic carbocycles. The average Bonchev–Trinajstić information content (AvgIpc) is 2.56. The maximum atomic E-state index is 12.5. The van der Waals surface area contributed by atoms with E-state index in [0.29, 0.717) is 38.6 Å². The molecule has 0 bridgehead atoms. The second-order valence-electron chi connectivity index (χ2n) is 5.87. The van der Waals surface area contributed by atoms with E-state index in [4.69, 9.17) is 4.74 Å². The van der Waals surface area contributed by atoms with Gasteiger partial charge in [0.25, 0.3) is 0 Å². The lowest BCUT2D eigenvalue weighted by Gasteiger charge is -2.12. The Hall–Kier alpha value is -1.81. The Kier molecular flexibility index (Phi) is 9.57. The quantitative estimate of drug-likeness (QED) is 0.350. The molecule has 0 atom stereocenters. The maximum Gasteiger partial charge on any atom is 0.416 e. The summed E-state index contributed by atoms with van der Waals surface area (Å²) in [6, 6.07) is 5.07. The highest BCUT2D eigenvalue weighted by Crippen LogP contribution is 2.29. The number of alkyl halides is 3. The predicted octanol–water partition coefficient (Wildman–Crippen LogP) is 1.86. The van der Waals surface area contributed by atoms with Crippen molar-refractivity contribution in [3.63, 3.8) is 0 Å². The first kappa shape index (κ1) is 23.2. The first-order valence-corrected chi connectivity index (χ1v) is 10.6. The summed E-state index contributed by atoms with van der Waals surface area (Å²) in [7, 11) is -3.03. The molecule has 27 heavy (non-hydrogen) atoms. The molecule has 0 unspecified atom stereocenters. The highest BCUT2D eigenvalue weighted by molar-refractivity contribution is 7.90. The van der Waals surface area contributed by atoms with E-state index < -0.39 is 21.6 Å². The van der Waals surface area contributed by atoms with Gasteiger partial charge in [0.15, 0.2) is 5.96 Å². The van der Waals surface area contributed by atoms with E-state index in [9.17, 15) is 21.6 Å². The number of nitrogens with one attached hydrogen (secondary N) is 2. The van der Waals surface area contributed by atoms with Gasteiger partial charge < -0.3 is 15.4 Å². The van der Waals surface area contributed by atoms with Crippen LogP contribution in [0, 0.1) is 0 Å². The number of ether oxygens (including phenoxy) is 1. The Morgan fingerprint density at radius 3 is 2.37 bits per heavy atom.